The van der Waals surface area contributed by atoms with E-state index in [0.29, 0.717) is 11.4 Å². The maximum Gasteiger partial charge on any atom is 0.259 e. The Bertz CT molecular complexity index is 916. The summed E-state index contributed by atoms with van der Waals surface area (Å²) in [6.07, 6.45) is 7.05. The Kier molecular flexibility index (Phi) is 4.35. The van der Waals surface area contributed by atoms with Gasteiger partial charge in [-0.1, -0.05) is 0 Å². The minimum Gasteiger partial charge on any atom is -0.372 e. The fourth-order valence-electron chi connectivity index (χ4n) is 3.22. The second-order valence-electron chi connectivity index (χ2n) is 6.36. The van der Waals surface area contributed by atoms with Gasteiger partial charge in [0, 0.05) is 30.7 Å². The molecule has 26 heavy (non-hydrogen) atoms. The van der Waals surface area contributed by atoms with Crippen molar-refractivity contribution in [2.75, 3.05) is 23.3 Å². The molecular formula is C19H20N6O. The van der Waals surface area contributed by atoms with Crippen molar-refractivity contribution in [3.8, 4) is 5.82 Å². The fraction of sp³-hybridized carbons (Fsp3) is 0.263. The highest BCUT2D eigenvalue weighted by atomic mass is 16.1. The first kappa shape index (κ1) is 16.3. The van der Waals surface area contributed by atoms with E-state index in [-0.39, 0.29) is 5.91 Å². The third-order valence-corrected chi connectivity index (χ3v) is 4.60. The molecule has 0 unspecified atom stereocenters. The minimum atomic E-state index is -0.222. The summed E-state index contributed by atoms with van der Waals surface area (Å²) in [4.78, 5) is 23.4. The molecule has 0 radical (unpaired) electrons. The largest absolute Gasteiger partial charge is 0.372 e. The number of anilines is 2. The molecule has 1 amide bonds. The molecule has 0 atom stereocenters. The third-order valence-electron chi connectivity index (χ3n) is 4.60. The van der Waals surface area contributed by atoms with Crippen LogP contribution in [0.3, 0.4) is 0 Å². The first-order valence-electron chi connectivity index (χ1n) is 8.69. The molecule has 0 saturated carbocycles. The highest BCUT2D eigenvalue weighted by molar-refractivity contribution is 6.06. The highest BCUT2D eigenvalue weighted by Crippen LogP contribution is 2.26. The Morgan fingerprint density at radius 2 is 2.04 bits per heavy atom. The van der Waals surface area contributed by atoms with E-state index in [0.717, 1.165) is 24.3 Å². The van der Waals surface area contributed by atoms with Gasteiger partial charge in [-0.2, -0.15) is 5.10 Å². The predicted molar refractivity (Wildman–Crippen MR) is 99.7 cm³/mol. The van der Waals surface area contributed by atoms with Crippen LogP contribution in [0.1, 0.15) is 28.8 Å². The van der Waals surface area contributed by atoms with E-state index >= 15 is 0 Å². The van der Waals surface area contributed by atoms with Gasteiger partial charge in [-0.15, -0.1) is 0 Å². The Hall–Kier alpha value is -3.22. The van der Waals surface area contributed by atoms with Gasteiger partial charge in [0.15, 0.2) is 5.82 Å². The topological polar surface area (TPSA) is 75.9 Å². The lowest BCUT2D eigenvalue weighted by atomic mass is 10.1. The number of nitrogens with zero attached hydrogens (tertiary/aromatic N) is 5. The van der Waals surface area contributed by atoms with E-state index in [2.05, 4.69) is 37.4 Å². The van der Waals surface area contributed by atoms with Gasteiger partial charge in [-0.25, -0.2) is 14.6 Å². The molecule has 132 valence electrons. The van der Waals surface area contributed by atoms with E-state index in [9.17, 15) is 4.79 Å². The van der Waals surface area contributed by atoms with Crippen molar-refractivity contribution in [3.63, 3.8) is 0 Å². The van der Waals surface area contributed by atoms with E-state index in [1.54, 1.807) is 18.3 Å². The van der Waals surface area contributed by atoms with Crippen LogP contribution >= 0.6 is 0 Å². The van der Waals surface area contributed by atoms with Crippen molar-refractivity contribution >= 4 is 17.3 Å². The first-order chi connectivity index (χ1) is 12.7. The van der Waals surface area contributed by atoms with Crippen LogP contribution in [-0.4, -0.2) is 38.7 Å². The van der Waals surface area contributed by atoms with Crippen LogP contribution in [-0.2, 0) is 0 Å². The van der Waals surface area contributed by atoms with Gasteiger partial charge in [0.1, 0.15) is 12.7 Å². The van der Waals surface area contributed by atoms with E-state index in [1.165, 1.54) is 35.9 Å². The standard InChI is InChI=1S/C19H20N6O/c1-14-11-15(24-9-2-3-10-24)6-7-17(14)23-19(26)16-5-4-8-21-18(16)25-13-20-12-22-25/h4-8,11-13H,2-3,9-10H2,1H3,(H,23,26). The summed E-state index contributed by atoms with van der Waals surface area (Å²) in [5.41, 5.74) is 3.49. The van der Waals surface area contributed by atoms with Crippen LogP contribution < -0.4 is 10.2 Å². The molecule has 0 bridgehead atoms. The molecule has 1 aliphatic rings. The van der Waals surface area contributed by atoms with Crippen molar-refractivity contribution < 1.29 is 4.79 Å². The summed E-state index contributed by atoms with van der Waals surface area (Å²) in [5, 5.41) is 7.06. The number of aryl methyl sites for hydroxylation is 1. The molecule has 0 aliphatic carbocycles. The molecule has 2 aromatic heterocycles. The number of benzene rings is 1. The lowest BCUT2D eigenvalue weighted by Gasteiger charge is -2.19. The van der Waals surface area contributed by atoms with Crippen molar-refractivity contribution in [2.45, 2.75) is 19.8 Å². The molecule has 1 aliphatic heterocycles. The monoisotopic (exact) mass is 348 g/mol. The second-order valence-corrected chi connectivity index (χ2v) is 6.36. The normalized spacial score (nSPS) is 13.8. The maximum atomic E-state index is 12.8. The Morgan fingerprint density at radius 1 is 1.19 bits per heavy atom. The molecule has 3 aromatic rings. The van der Waals surface area contributed by atoms with Gasteiger partial charge >= 0.3 is 0 Å². The van der Waals surface area contributed by atoms with Gasteiger partial charge < -0.3 is 10.2 Å². The third kappa shape index (κ3) is 3.15. The van der Waals surface area contributed by atoms with Crippen LogP contribution in [0.4, 0.5) is 11.4 Å². The average molecular weight is 348 g/mol. The van der Waals surface area contributed by atoms with Crippen molar-refractivity contribution in [1.29, 1.82) is 0 Å². The van der Waals surface area contributed by atoms with Gasteiger partial charge in [0.2, 0.25) is 0 Å². The van der Waals surface area contributed by atoms with Crippen molar-refractivity contribution in [1.82, 2.24) is 19.7 Å². The Morgan fingerprint density at radius 3 is 2.77 bits per heavy atom. The summed E-state index contributed by atoms with van der Waals surface area (Å²) >= 11 is 0. The van der Waals surface area contributed by atoms with Crippen LogP contribution in [0.5, 0.6) is 0 Å². The number of amides is 1. The average Bonchev–Trinajstić information content (AvgIpc) is 3.37. The molecule has 4 rings (SSSR count). The lowest BCUT2D eigenvalue weighted by molar-refractivity contribution is 0.102. The lowest BCUT2D eigenvalue weighted by Crippen LogP contribution is -2.19. The summed E-state index contributed by atoms with van der Waals surface area (Å²) in [6, 6.07) is 9.62. The zero-order chi connectivity index (χ0) is 17.9. The zero-order valence-electron chi connectivity index (χ0n) is 14.6. The maximum absolute atomic E-state index is 12.8. The van der Waals surface area contributed by atoms with Crippen molar-refractivity contribution in [3.05, 3.63) is 60.3 Å². The molecule has 7 nitrogen and oxygen atoms in total. The number of hydrogen-bond acceptors (Lipinski definition) is 5. The molecule has 7 heteroatoms. The number of nitrogens with one attached hydrogen (secondary N) is 1. The van der Waals surface area contributed by atoms with Crippen LogP contribution in [0.15, 0.2) is 49.2 Å². The van der Waals surface area contributed by atoms with Gasteiger partial charge in [-0.3, -0.25) is 4.79 Å². The van der Waals surface area contributed by atoms with E-state index in [4.69, 9.17) is 0 Å². The number of carbonyl (C=O) groups excluding carboxylic acids is 1. The number of hydrogen-bond donors (Lipinski definition) is 1. The SMILES string of the molecule is Cc1cc(N2CCCC2)ccc1NC(=O)c1cccnc1-n1cncn1. The van der Waals surface area contributed by atoms with Crippen LogP contribution in [0, 0.1) is 6.92 Å². The smallest absolute Gasteiger partial charge is 0.259 e. The predicted octanol–water partition coefficient (Wildman–Crippen LogP) is 2.82. The molecule has 3 heterocycles. The Balaban J connectivity index is 1.57. The number of rotatable bonds is 4. The van der Waals surface area contributed by atoms with Gasteiger partial charge in [0.25, 0.3) is 5.91 Å². The molecule has 1 N–H and O–H groups in total. The van der Waals surface area contributed by atoms with Gasteiger partial charge in [0.05, 0.1) is 5.56 Å². The van der Waals surface area contributed by atoms with Crippen LogP contribution in [0.2, 0.25) is 0 Å². The molecule has 1 fully saturated rings. The number of carbonyl (C=O) groups is 1. The molecule has 1 aromatic carbocycles. The second kappa shape index (κ2) is 6.95. The molecule has 0 spiro atoms. The number of pyridine rings is 1. The van der Waals surface area contributed by atoms with E-state index in [1.807, 2.05) is 13.0 Å². The van der Waals surface area contributed by atoms with Crippen molar-refractivity contribution in [2.24, 2.45) is 0 Å². The highest BCUT2D eigenvalue weighted by Gasteiger charge is 2.17. The zero-order valence-corrected chi connectivity index (χ0v) is 14.6. The summed E-state index contributed by atoms with van der Waals surface area (Å²) in [7, 11) is 0. The Labute approximate surface area is 151 Å². The summed E-state index contributed by atoms with van der Waals surface area (Å²) in [5.74, 6) is 0.231. The summed E-state index contributed by atoms with van der Waals surface area (Å²) < 4.78 is 1.48. The fourth-order valence-corrected chi connectivity index (χ4v) is 3.22. The minimum absolute atomic E-state index is 0.222. The van der Waals surface area contributed by atoms with Crippen LogP contribution in [0.25, 0.3) is 5.82 Å². The summed E-state index contributed by atoms with van der Waals surface area (Å²) in [6.45, 7) is 4.21. The van der Waals surface area contributed by atoms with E-state index < -0.39 is 0 Å². The molecular weight excluding hydrogens is 328 g/mol. The quantitative estimate of drug-likeness (QED) is 0.785. The number of aromatic nitrogens is 4. The van der Waals surface area contributed by atoms with Gasteiger partial charge in [-0.05, 0) is 55.7 Å². The molecule has 1 saturated heterocycles. The first-order valence-corrected chi connectivity index (χ1v) is 8.69.